The van der Waals surface area contributed by atoms with E-state index in [0.29, 0.717) is 0 Å². The lowest BCUT2D eigenvalue weighted by molar-refractivity contribution is -0.120. The van der Waals surface area contributed by atoms with Gasteiger partial charge in [-0.05, 0) is 49.2 Å². The molecule has 1 unspecified atom stereocenters. The maximum atomic E-state index is 13.6. The van der Waals surface area contributed by atoms with Gasteiger partial charge in [0.2, 0.25) is 5.91 Å². The summed E-state index contributed by atoms with van der Waals surface area (Å²) in [7, 11) is 0. The van der Waals surface area contributed by atoms with Crippen LogP contribution in [0.4, 0.5) is 14.5 Å². The first kappa shape index (κ1) is 15.9. The summed E-state index contributed by atoms with van der Waals surface area (Å²) in [6, 6.07) is 10.4. The fraction of sp³-hybridized carbons (Fsp3) is 0.235. The monoisotopic (exact) mass is 304 g/mol. The lowest BCUT2D eigenvalue weighted by Gasteiger charge is -2.15. The van der Waals surface area contributed by atoms with E-state index in [0.717, 1.165) is 11.1 Å². The van der Waals surface area contributed by atoms with E-state index in [1.807, 2.05) is 0 Å². The van der Waals surface area contributed by atoms with E-state index in [9.17, 15) is 13.6 Å². The zero-order valence-corrected chi connectivity index (χ0v) is 12.5. The number of aryl methyl sites for hydroxylation is 1. The third-order valence-corrected chi connectivity index (χ3v) is 3.31. The summed E-state index contributed by atoms with van der Waals surface area (Å²) in [6.45, 7) is 3.56. The highest BCUT2D eigenvalue weighted by atomic mass is 19.1. The Morgan fingerprint density at radius 3 is 2.45 bits per heavy atom. The summed E-state index contributed by atoms with van der Waals surface area (Å²) in [5, 5.41) is 5.53. The van der Waals surface area contributed by atoms with Crippen molar-refractivity contribution in [2.75, 3.05) is 11.9 Å². The largest absolute Gasteiger partial charge is 0.374 e. The molecule has 2 N–H and O–H groups in total. The van der Waals surface area contributed by atoms with E-state index < -0.39 is 0 Å². The molecule has 2 rings (SSSR count). The number of hydrogen-bond donors (Lipinski definition) is 2. The van der Waals surface area contributed by atoms with Gasteiger partial charge in [0.1, 0.15) is 11.6 Å². The van der Waals surface area contributed by atoms with Crippen LogP contribution >= 0.6 is 0 Å². The summed E-state index contributed by atoms with van der Waals surface area (Å²) < 4.78 is 26.5. The van der Waals surface area contributed by atoms with Crippen LogP contribution in [0.5, 0.6) is 0 Å². The topological polar surface area (TPSA) is 41.1 Å². The van der Waals surface area contributed by atoms with E-state index in [4.69, 9.17) is 0 Å². The first-order chi connectivity index (χ1) is 10.5. The van der Waals surface area contributed by atoms with Crippen LogP contribution in [0.15, 0.2) is 42.5 Å². The molecule has 1 amide bonds. The number of nitrogens with one attached hydrogen (secondary N) is 2. The van der Waals surface area contributed by atoms with Crippen LogP contribution in [0.2, 0.25) is 0 Å². The molecule has 0 spiro atoms. The van der Waals surface area contributed by atoms with Crippen molar-refractivity contribution in [3.8, 4) is 0 Å². The van der Waals surface area contributed by atoms with Crippen molar-refractivity contribution in [2.45, 2.75) is 19.9 Å². The zero-order chi connectivity index (χ0) is 16.1. The Kier molecular flexibility index (Phi) is 5.09. The van der Waals surface area contributed by atoms with Crippen LogP contribution < -0.4 is 10.6 Å². The Labute approximate surface area is 128 Å². The van der Waals surface area contributed by atoms with Gasteiger partial charge in [-0.1, -0.05) is 18.2 Å². The van der Waals surface area contributed by atoms with Crippen molar-refractivity contribution in [1.82, 2.24) is 5.32 Å². The van der Waals surface area contributed by atoms with E-state index in [-0.39, 0.29) is 35.8 Å². The average molecular weight is 304 g/mol. The molecule has 0 saturated carbocycles. The number of carbonyl (C=O) groups is 1. The first-order valence-electron chi connectivity index (χ1n) is 7.00. The molecular weight excluding hydrogens is 286 g/mol. The molecule has 5 heteroatoms. The highest BCUT2D eigenvalue weighted by Crippen LogP contribution is 2.15. The second-order valence-corrected chi connectivity index (χ2v) is 5.18. The van der Waals surface area contributed by atoms with Crippen LogP contribution in [0.3, 0.4) is 0 Å². The molecule has 2 aromatic carbocycles. The van der Waals surface area contributed by atoms with Crippen LogP contribution in [-0.4, -0.2) is 12.5 Å². The van der Waals surface area contributed by atoms with Gasteiger partial charge in [-0.2, -0.15) is 0 Å². The predicted molar refractivity (Wildman–Crippen MR) is 82.6 cm³/mol. The maximum Gasteiger partial charge on any atom is 0.239 e. The van der Waals surface area contributed by atoms with Crippen molar-refractivity contribution in [2.24, 2.45) is 0 Å². The zero-order valence-electron chi connectivity index (χ0n) is 12.5. The fourth-order valence-electron chi connectivity index (χ4n) is 2.07. The van der Waals surface area contributed by atoms with E-state index in [1.54, 1.807) is 38.1 Å². The molecule has 1 atom stereocenters. The summed E-state index contributed by atoms with van der Waals surface area (Å²) in [5.41, 5.74) is 1.91. The molecule has 2 aromatic rings. The number of hydrogen-bond acceptors (Lipinski definition) is 2. The molecule has 3 nitrogen and oxygen atoms in total. The van der Waals surface area contributed by atoms with E-state index in [1.165, 1.54) is 18.2 Å². The minimum Gasteiger partial charge on any atom is -0.374 e. The van der Waals surface area contributed by atoms with Gasteiger partial charge in [-0.15, -0.1) is 0 Å². The molecule has 0 saturated heterocycles. The summed E-state index contributed by atoms with van der Waals surface area (Å²) >= 11 is 0. The lowest BCUT2D eigenvalue weighted by Crippen LogP contribution is -2.32. The lowest BCUT2D eigenvalue weighted by atomic mass is 10.1. The van der Waals surface area contributed by atoms with Gasteiger partial charge in [0.15, 0.2) is 0 Å². The quantitative estimate of drug-likeness (QED) is 0.887. The Morgan fingerprint density at radius 1 is 1.14 bits per heavy atom. The molecule has 0 aliphatic heterocycles. The van der Waals surface area contributed by atoms with E-state index in [2.05, 4.69) is 10.6 Å². The smallest absolute Gasteiger partial charge is 0.239 e. The fourth-order valence-corrected chi connectivity index (χ4v) is 2.07. The summed E-state index contributed by atoms with van der Waals surface area (Å²) in [5.74, 6) is -0.977. The third-order valence-electron chi connectivity index (χ3n) is 3.31. The number of anilines is 1. The minimum absolute atomic E-state index is 0.0362. The van der Waals surface area contributed by atoms with Gasteiger partial charge in [0.05, 0.1) is 18.3 Å². The minimum atomic E-state index is -0.389. The number of amides is 1. The average Bonchev–Trinajstić information content (AvgIpc) is 2.47. The van der Waals surface area contributed by atoms with Gasteiger partial charge in [-0.25, -0.2) is 8.78 Å². The third kappa shape index (κ3) is 4.28. The molecular formula is C17H18F2N2O. The molecule has 0 aliphatic carbocycles. The van der Waals surface area contributed by atoms with Crippen LogP contribution in [-0.2, 0) is 4.79 Å². The summed E-state index contributed by atoms with van der Waals surface area (Å²) in [6.07, 6.45) is 0. The standard InChI is InChI=1S/C17H18F2N2O/c1-11-3-8-16(15(19)9-11)20-10-17(22)21-12(2)13-4-6-14(18)7-5-13/h3-9,12,20H,10H2,1-2H3,(H,21,22). The Bertz CT molecular complexity index is 656. The normalized spacial score (nSPS) is 11.8. The van der Waals surface area contributed by atoms with Crippen molar-refractivity contribution < 1.29 is 13.6 Å². The predicted octanol–water partition coefficient (Wildman–Crippen LogP) is 3.56. The molecule has 0 heterocycles. The molecule has 0 radical (unpaired) electrons. The number of halogens is 2. The molecule has 0 aliphatic rings. The molecule has 0 bridgehead atoms. The number of carbonyl (C=O) groups excluding carboxylic acids is 1. The number of benzene rings is 2. The van der Waals surface area contributed by atoms with Crippen molar-refractivity contribution in [1.29, 1.82) is 0 Å². The SMILES string of the molecule is Cc1ccc(NCC(=O)NC(C)c2ccc(F)cc2)c(F)c1. The highest BCUT2D eigenvalue weighted by molar-refractivity contribution is 5.81. The van der Waals surface area contributed by atoms with Crippen LogP contribution in [0.25, 0.3) is 0 Å². The molecule has 0 fully saturated rings. The van der Waals surface area contributed by atoms with Gasteiger partial charge in [0.25, 0.3) is 0 Å². The highest BCUT2D eigenvalue weighted by Gasteiger charge is 2.10. The second-order valence-electron chi connectivity index (χ2n) is 5.18. The van der Waals surface area contributed by atoms with Crippen molar-refractivity contribution in [3.63, 3.8) is 0 Å². The Morgan fingerprint density at radius 2 is 1.82 bits per heavy atom. The molecule has 116 valence electrons. The Balaban J connectivity index is 1.88. The van der Waals surface area contributed by atoms with E-state index >= 15 is 0 Å². The van der Waals surface area contributed by atoms with Gasteiger partial charge in [-0.3, -0.25) is 4.79 Å². The van der Waals surface area contributed by atoms with Gasteiger partial charge >= 0.3 is 0 Å². The van der Waals surface area contributed by atoms with Gasteiger partial charge < -0.3 is 10.6 Å². The number of rotatable bonds is 5. The second kappa shape index (κ2) is 7.02. The van der Waals surface area contributed by atoms with Crippen molar-refractivity contribution >= 4 is 11.6 Å². The van der Waals surface area contributed by atoms with Crippen molar-refractivity contribution in [3.05, 3.63) is 65.2 Å². The van der Waals surface area contributed by atoms with Crippen LogP contribution in [0.1, 0.15) is 24.1 Å². The first-order valence-corrected chi connectivity index (χ1v) is 7.00. The maximum absolute atomic E-state index is 13.6. The molecule has 0 aromatic heterocycles. The Hall–Kier alpha value is -2.43. The summed E-state index contributed by atoms with van der Waals surface area (Å²) in [4.78, 5) is 11.9. The van der Waals surface area contributed by atoms with Gasteiger partial charge in [0, 0.05) is 0 Å². The molecule has 22 heavy (non-hydrogen) atoms. The van der Waals surface area contributed by atoms with Crippen LogP contribution in [0, 0.1) is 18.6 Å².